The van der Waals surface area contributed by atoms with Gasteiger partial charge in [-0.25, -0.2) is 4.79 Å². The zero-order chi connectivity index (χ0) is 19.6. The molecule has 27 heavy (non-hydrogen) atoms. The number of carbonyl (C=O) groups is 2. The van der Waals surface area contributed by atoms with Crippen molar-refractivity contribution in [2.45, 2.75) is 19.8 Å². The van der Waals surface area contributed by atoms with Crippen molar-refractivity contribution in [2.24, 2.45) is 0 Å². The van der Waals surface area contributed by atoms with Crippen molar-refractivity contribution in [3.8, 4) is 5.75 Å². The summed E-state index contributed by atoms with van der Waals surface area (Å²) >= 11 is 3.41. The second-order valence-electron chi connectivity index (χ2n) is 5.79. The summed E-state index contributed by atoms with van der Waals surface area (Å²) < 4.78 is 11.2. The van der Waals surface area contributed by atoms with Gasteiger partial charge < -0.3 is 14.8 Å². The molecule has 2 rings (SSSR count). The van der Waals surface area contributed by atoms with Gasteiger partial charge in [0.2, 0.25) is 5.91 Å². The Kier molecular flexibility index (Phi) is 8.07. The lowest BCUT2D eigenvalue weighted by Gasteiger charge is -2.07. The highest BCUT2D eigenvalue weighted by Gasteiger charge is 2.08. The van der Waals surface area contributed by atoms with Crippen LogP contribution in [0.5, 0.6) is 5.75 Å². The van der Waals surface area contributed by atoms with Gasteiger partial charge in [0.1, 0.15) is 5.75 Å². The van der Waals surface area contributed by atoms with Crippen LogP contribution in [0.4, 0.5) is 5.69 Å². The molecule has 0 spiro atoms. The summed E-state index contributed by atoms with van der Waals surface area (Å²) in [5, 5.41) is 2.74. The lowest BCUT2D eigenvalue weighted by atomic mass is 10.2. The molecule has 1 amide bonds. The number of unbranched alkanes of at least 4 members (excludes halogenated alkanes) is 1. The number of esters is 1. The Morgan fingerprint density at radius 2 is 2.00 bits per heavy atom. The average molecular weight is 432 g/mol. The Morgan fingerprint density at radius 3 is 2.70 bits per heavy atom. The minimum absolute atomic E-state index is 0.293. The maximum absolute atomic E-state index is 12.1. The quantitative estimate of drug-likeness (QED) is 0.360. The fourth-order valence-corrected chi connectivity index (χ4v) is 2.82. The van der Waals surface area contributed by atoms with E-state index in [0.717, 1.165) is 28.6 Å². The molecule has 0 bridgehead atoms. The number of nitrogens with one attached hydrogen (secondary N) is 1. The van der Waals surface area contributed by atoms with Crippen molar-refractivity contribution >= 4 is 39.6 Å². The van der Waals surface area contributed by atoms with E-state index in [-0.39, 0.29) is 5.91 Å². The molecule has 0 saturated carbocycles. The van der Waals surface area contributed by atoms with E-state index < -0.39 is 5.97 Å². The van der Waals surface area contributed by atoms with E-state index in [2.05, 4.69) is 21.2 Å². The molecule has 0 aliphatic rings. The molecule has 6 heteroatoms. The molecule has 142 valence electrons. The minimum atomic E-state index is -0.391. The number of hydrogen-bond acceptors (Lipinski definition) is 4. The fraction of sp³-hybridized carbons (Fsp3) is 0.238. The summed E-state index contributed by atoms with van der Waals surface area (Å²) in [5.41, 5.74) is 1.79. The Morgan fingerprint density at radius 1 is 1.19 bits per heavy atom. The number of amides is 1. The third kappa shape index (κ3) is 6.57. The molecule has 0 radical (unpaired) electrons. The third-order valence-corrected chi connectivity index (χ3v) is 4.32. The molecule has 5 nitrogen and oxygen atoms in total. The van der Waals surface area contributed by atoms with Crippen molar-refractivity contribution < 1.29 is 19.1 Å². The van der Waals surface area contributed by atoms with Crippen molar-refractivity contribution in [2.75, 3.05) is 19.0 Å². The zero-order valence-electron chi connectivity index (χ0n) is 15.3. The van der Waals surface area contributed by atoms with Gasteiger partial charge in [0.05, 0.1) is 23.8 Å². The van der Waals surface area contributed by atoms with E-state index in [0.29, 0.717) is 17.9 Å². The first-order valence-electron chi connectivity index (χ1n) is 8.63. The molecule has 0 heterocycles. The SMILES string of the molecule is CCCCOC(=O)c1cccc(NC(=O)C=Cc2ccc(OC)c(Br)c2)c1. The van der Waals surface area contributed by atoms with Gasteiger partial charge in [-0.1, -0.05) is 25.5 Å². The van der Waals surface area contributed by atoms with Gasteiger partial charge in [-0.2, -0.15) is 0 Å². The van der Waals surface area contributed by atoms with Crippen LogP contribution >= 0.6 is 15.9 Å². The number of ether oxygens (including phenoxy) is 2. The van der Waals surface area contributed by atoms with Crippen LogP contribution in [-0.2, 0) is 9.53 Å². The minimum Gasteiger partial charge on any atom is -0.496 e. The van der Waals surface area contributed by atoms with Gasteiger partial charge >= 0.3 is 5.97 Å². The number of hydrogen-bond donors (Lipinski definition) is 1. The Labute approximate surface area is 167 Å². The molecule has 0 aliphatic carbocycles. The first-order valence-corrected chi connectivity index (χ1v) is 9.42. The second kappa shape index (κ2) is 10.5. The van der Waals surface area contributed by atoms with E-state index in [1.54, 1.807) is 37.5 Å². The standard InChI is InChI=1S/C21H22BrNO4/c1-3-4-12-27-21(25)16-6-5-7-17(14-16)23-20(24)11-9-15-8-10-19(26-2)18(22)13-15/h5-11,13-14H,3-4,12H2,1-2H3,(H,23,24). The van der Waals surface area contributed by atoms with Crippen molar-refractivity contribution in [1.29, 1.82) is 0 Å². The number of rotatable bonds is 8. The Balaban J connectivity index is 1.98. The molecule has 0 aliphatic heterocycles. The van der Waals surface area contributed by atoms with Crippen LogP contribution in [0.3, 0.4) is 0 Å². The molecule has 0 saturated heterocycles. The molecule has 0 unspecified atom stereocenters. The maximum Gasteiger partial charge on any atom is 0.338 e. The largest absolute Gasteiger partial charge is 0.496 e. The number of benzene rings is 2. The lowest BCUT2D eigenvalue weighted by molar-refractivity contribution is -0.111. The highest BCUT2D eigenvalue weighted by Crippen LogP contribution is 2.26. The summed E-state index contributed by atoms with van der Waals surface area (Å²) in [6.45, 7) is 2.42. The summed E-state index contributed by atoms with van der Waals surface area (Å²) in [6, 6.07) is 12.2. The van der Waals surface area contributed by atoms with Crippen LogP contribution in [0, 0.1) is 0 Å². The molecule has 0 atom stereocenters. The van der Waals surface area contributed by atoms with Crippen LogP contribution in [0.15, 0.2) is 53.0 Å². The van der Waals surface area contributed by atoms with Gasteiger partial charge in [0.25, 0.3) is 0 Å². The van der Waals surface area contributed by atoms with Gasteiger partial charge in [0.15, 0.2) is 0 Å². The van der Waals surface area contributed by atoms with Crippen LogP contribution in [0.2, 0.25) is 0 Å². The van der Waals surface area contributed by atoms with Crippen molar-refractivity contribution in [3.63, 3.8) is 0 Å². The van der Waals surface area contributed by atoms with Crippen molar-refractivity contribution in [3.05, 3.63) is 64.1 Å². The molecule has 2 aromatic rings. The predicted molar refractivity (Wildman–Crippen MR) is 110 cm³/mol. The summed E-state index contributed by atoms with van der Waals surface area (Å²) in [5.74, 6) is 0.0378. The third-order valence-electron chi connectivity index (χ3n) is 3.70. The number of carbonyl (C=O) groups excluding carboxylic acids is 2. The lowest BCUT2D eigenvalue weighted by Crippen LogP contribution is -2.10. The van der Waals surface area contributed by atoms with E-state index in [1.807, 2.05) is 25.1 Å². The van der Waals surface area contributed by atoms with Crippen LogP contribution < -0.4 is 10.1 Å². The number of methoxy groups -OCH3 is 1. The van der Waals surface area contributed by atoms with Crippen LogP contribution in [0.1, 0.15) is 35.7 Å². The van der Waals surface area contributed by atoms with Gasteiger partial charge in [-0.15, -0.1) is 0 Å². The first-order chi connectivity index (χ1) is 13.0. The fourth-order valence-electron chi connectivity index (χ4n) is 2.26. The number of anilines is 1. The second-order valence-corrected chi connectivity index (χ2v) is 6.64. The van der Waals surface area contributed by atoms with E-state index in [9.17, 15) is 9.59 Å². The van der Waals surface area contributed by atoms with Crippen molar-refractivity contribution in [1.82, 2.24) is 0 Å². The molecular formula is C21H22BrNO4. The predicted octanol–water partition coefficient (Wildman–Crippen LogP) is 5.07. The molecule has 1 N–H and O–H groups in total. The van der Waals surface area contributed by atoms with Gasteiger partial charge in [-0.3, -0.25) is 4.79 Å². The van der Waals surface area contributed by atoms with E-state index in [1.165, 1.54) is 6.08 Å². The summed E-state index contributed by atoms with van der Waals surface area (Å²) in [4.78, 5) is 24.1. The maximum atomic E-state index is 12.1. The molecular weight excluding hydrogens is 410 g/mol. The normalized spacial score (nSPS) is 10.6. The Hall–Kier alpha value is -2.60. The average Bonchev–Trinajstić information content (AvgIpc) is 2.67. The number of halogens is 1. The van der Waals surface area contributed by atoms with Gasteiger partial charge in [0, 0.05) is 11.8 Å². The van der Waals surface area contributed by atoms with E-state index >= 15 is 0 Å². The summed E-state index contributed by atoms with van der Waals surface area (Å²) in [6.07, 6.45) is 4.91. The van der Waals surface area contributed by atoms with E-state index in [4.69, 9.17) is 9.47 Å². The zero-order valence-corrected chi connectivity index (χ0v) is 16.9. The first kappa shape index (κ1) is 20.7. The van der Waals surface area contributed by atoms with Gasteiger partial charge in [-0.05, 0) is 64.3 Å². The van der Waals surface area contributed by atoms with Crippen LogP contribution in [-0.4, -0.2) is 25.6 Å². The highest BCUT2D eigenvalue weighted by molar-refractivity contribution is 9.10. The topological polar surface area (TPSA) is 64.6 Å². The molecule has 2 aromatic carbocycles. The van der Waals surface area contributed by atoms with Crippen LogP contribution in [0.25, 0.3) is 6.08 Å². The smallest absolute Gasteiger partial charge is 0.338 e. The molecule has 0 fully saturated rings. The monoisotopic (exact) mass is 431 g/mol. The molecule has 0 aromatic heterocycles. The summed E-state index contributed by atoms with van der Waals surface area (Å²) in [7, 11) is 1.59. The highest BCUT2D eigenvalue weighted by atomic mass is 79.9. The Bertz CT molecular complexity index is 833.